The van der Waals surface area contributed by atoms with Crippen LogP contribution in [0.25, 0.3) is 10.6 Å². The smallest absolute Gasteiger partial charge is 0.124 e. The summed E-state index contributed by atoms with van der Waals surface area (Å²) in [5.41, 5.74) is 8.96. The highest BCUT2D eigenvalue weighted by molar-refractivity contribution is 9.11. The zero-order valence-corrected chi connectivity index (χ0v) is 12.9. The van der Waals surface area contributed by atoms with Crippen molar-refractivity contribution >= 4 is 33.0 Å². The molecule has 0 saturated carbocycles. The van der Waals surface area contributed by atoms with E-state index in [1.54, 1.807) is 11.3 Å². The molecule has 0 bridgehead atoms. The minimum Gasteiger partial charge on any atom is -0.378 e. The summed E-state index contributed by atoms with van der Waals surface area (Å²) in [6.07, 6.45) is 0.812. The quantitative estimate of drug-likeness (QED) is 0.938. The van der Waals surface area contributed by atoms with Crippen molar-refractivity contribution in [3.05, 3.63) is 33.7 Å². The Bertz CT molecular complexity index is 520. The van der Waals surface area contributed by atoms with E-state index in [1.165, 1.54) is 5.69 Å². The highest BCUT2D eigenvalue weighted by Crippen LogP contribution is 2.32. The number of nitrogens with zero attached hydrogens (tertiary/aromatic N) is 2. The summed E-state index contributed by atoms with van der Waals surface area (Å²) in [7, 11) is 4.07. The van der Waals surface area contributed by atoms with Crippen molar-refractivity contribution in [2.24, 2.45) is 5.73 Å². The molecule has 96 valence electrons. The number of hydrogen-bond acceptors (Lipinski definition) is 4. The number of aromatic nitrogens is 1. The Morgan fingerprint density at radius 1 is 1.28 bits per heavy atom. The van der Waals surface area contributed by atoms with Gasteiger partial charge in [-0.3, -0.25) is 0 Å². The zero-order chi connectivity index (χ0) is 13.1. The van der Waals surface area contributed by atoms with Crippen LogP contribution in [0.5, 0.6) is 0 Å². The third-order valence-corrected chi connectivity index (χ3v) is 4.54. The first-order valence-electron chi connectivity index (χ1n) is 5.75. The first-order chi connectivity index (χ1) is 8.61. The average Bonchev–Trinajstić information content (AvgIpc) is 2.72. The number of benzene rings is 1. The van der Waals surface area contributed by atoms with E-state index < -0.39 is 0 Å². The van der Waals surface area contributed by atoms with Gasteiger partial charge in [-0.2, -0.15) is 0 Å². The van der Waals surface area contributed by atoms with Gasteiger partial charge in [0.25, 0.3) is 0 Å². The third-order valence-electron chi connectivity index (χ3n) is 2.66. The van der Waals surface area contributed by atoms with Crippen molar-refractivity contribution in [3.63, 3.8) is 0 Å². The fourth-order valence-corrected chi connectivity index (χ4v) is 3.24. The third kappa shape index (κ3) is 2.91. The van der Waals surface area contributed by atoms with E-state index >= 15 is 0 Å². The number of rotatable bonds is 4. The molecule has 1 aromatic heterocycles. The van der Waals surface area contributed by atoms with Crippen molar-refractivity contribution < 1.29 is 0 Å². The van der Waals surface area contributed by atoms with Crippen LogP contribution in [0.3, 0.4) is 0 Å². The highest BCUT2D eigenvalue weighted by atomic mass is 79.9. The topological polar surface area (TPSA) is 42.2 Å². The van der Waals surface area contributed by atoms with E-state index in [2.05, 4.69) is 50.1 Å². The molecule has 1 heterocycles. The first kappa shape index (κ1) is 13.5. The molecule has 0 aliphatic heterocycles. The Morgan fingerprint density at radius 2 is 1.94 bits per heavy atom. The lowest BCUT2D eigenvalue weighted by Gasteiger charge is -2.11. The lowest BCUT2D eigenvalue weighted by molar-refractivity contribution is 0.931. The molecule has 2 rings (SSSR count). The van der Waals surface area contributed by atoms with Gasteiger partial charge in [-0.1, -0.05) is 0 Å². The summed E-state index contributed by atoms with van der Waals surface area (Å²) in [6.45, 7) is 0.626. The van der Waals surface area contributed by atoms with Crippen LogP contribution in [0.2, 0.25) is 0 Å². The van der Waals surface area contributed by atoms with Crippen LogP contribution in [-0.4, -0.2) is 25.6 Å². The minimum absolute atomic E-state index is 0.626. The van der Waals surface area contributed by atoms with Crippen LogP contribution in [-0.2, 0) is 6.42 Å². The van der Waals surface area contributed by atoms with Gasteiger partial charge in [0.15, 0.2) is 0 Å². The van der Waals surface area contributed by atoms with E-state index in [4.69, 9.17) is 5.73 Å². The summed E-state index contributed by atoms with van der Waals surface area (Å²) < 4.78 is 1.08. The van der Waals surface area contributed by atoms with Crippen LogP contribution in [0.4, 0.5) is 5.69 Å². The molecule has 0 aliphatic carbocycles. The lowest BCUT2D eigenvalue weighted by Crippen LogP contribution is -2.07. The van der Waals surface area contributed by atoms with Gasteiger partial charge in [0.05, 0.1) is 9.48 Å². The van der Waals surface area contributed by atoms with Gasteiger partial charge >= 0.3 is 0 Å². The summed E-state index contributed by atoms with van der Waals surface area (Å²) in [6, 6.07) is 8.42. The van der Waals surface area contributed by atoms with Crippen molar-refractivity contribution in [3.8, 4) is 10.6 Å². The second kappa shape index (κ2) is 5.82. The largest absolute Gasteiger partial charge is 0.378 e. The van der Waals surface area contributed by atoms with Gasteiger partial charge in [0.1, 0.15) is 5.01 Å². The standard InChI is InChI=1S/C13H16BrN3S/c1-17(2)10-5-3-9(4-6-10)13-16-11(7-8-15)12(14)18-13/h3-6H,7-8,15H2,1-2H3. The molecule has 0 radical (unpaired) electrons. The zero-order valence-electron chi connectivity index (χ0n) is 10.5. The maximum absolute atomic E-state index is 5.57. The van der Waals surface area contributed by atoms with E-state index in [9.17, 15) is 0 Å². The molecule has 0 atom stereocenters. The molecule has 0 fully saturated rings. The average molecular weight is 326 g/mol. The van der Waals surface area contributed by atoms with E-state index in [0.717, 1.165) is 26.5 Å². The molecule has 2 N–H and O–H groups in total. The predicted octanol–water partition coefficient (Wildman–Crippen LogP) is 3.14. The van der Waals surface area contributed by atoms with Crippen LogP contribution >= 0.6 is 27.3 Å². The molecule has 2 aromatic rings. The maximum atomic E-state index is 5.57. The molecule has 0 spiro atoms. The number of hydrogen-bond donors (Lipinski definition) is 1. The van der Waals surface area contributed by atoms with E-state index in [1.807, 2.05) is 14.1 Å². The number of nitrogens with two attached hydrogens (primary N) is 1. The summed E-state index contributed by atoms with van der Waals surface area (Å²) in [5.74, 6) is 0. The predicted molar refractivity (Wildman–Crippen MR) is 82.3 cm³/mol. The number of halogens is 1. The van der Waals surface area contributed by atoms with E-state index in [-0.39, 0.29) is 0 Å². The van der Waals surface area contributed by atoms with Crippen LogP contribution < -0.4 is 10.6 Å². The summed E-state index contributed by atoms with van der Waals surface area (Å²) >= 11 is 5.20. The van der Waals surface area contributed by atoms with Gasteiger partial charge in [-0.25, -0.2) is 4.98 Å². The van der Waals surface area contributed by atoms with Gasteiger partial charge in [-0.05, 0) is 46.7 Å². The summed E-state index contributed by atoms with van der Waals surface area (Å²) in [4.78, 5) is 6.71. The normalized spacial score (nSPS) is 10.7. The molecule has 3 nitrogen and oxygen atoms in total. The highest BCUT2D eigenvalue weighted by Gasteiger charge is 2.10. The lowest BCUT2D eigenvalue weighted by atomic mass is 10.2. The molecule has 0 unspecified atom stereocenters. The molecule has 1 aromatic carbocycles. The van der Waals surface area contributed by atoms with Gasteiger partial charge in [0.2, 0.25) is 0 Å². The first-order valence-corrected chi connectivity index (χ1v) is 7.36. The van der Waals surface area contributed by atoms with Crippen molar-refractivity contribution in [1.29, 1.82) is 0 Å². The fraction of sp³-hybridized carbons (Fsp3) is 0.308. The Kier molecular flexibility index (Phi) is 4.37. The Labute approximate surface area is 120 Å². The molecule has 0 aliphatic rings. The molecular weight excluding hydrogens is 310 g/mol. The number of anilines is 1. The number of thiazole rings is 1. The minimum atomic E-state index is 0.626. The van der Waals surface area contributed by atoms with Crippen LogP contribution in [0, 0.1) is 0 Å². The fourth-order valence-electron chi connectivity index (χ4n) is 1.65. The van der Waals surface area contributed by atoms with Crippen LogP contribution in [0.15, 0.2) is 28.1 Å². The molecule has 5 heteroatoms. The Hall–Kier alpha value is -0.910. The second-order valence-corrected chi connectivity index (χ2v) is 6.54. The SMILES string of the molecule is CN(C)c1ccc(-c2nc(CCN)c(Br)s2)cc1. The molecule has 0 amide bonds. The second-order valence-electron chi connectivity index (χ2n) is 4.22. The monoisotopic (exact) mass is 325 g/mol. The van der Waals surface area contributed by atoms with Gasteiger partial charge in [0, 0.05) is 31.8 Å². The van der Waals surface area contributed by atoms with Crippen molar-refractivity contribution in [2.45, 2.75) is 6.42 Å². The van der Waals surface area contributed by atoms with Crippen molar-refractivity contribution in [2.75, 3.05) is 25.5 Å². The maximum Gasteiger partial charge on any atom is 0.124 e. The van der Waals surface area contributed by atoms with Crippen molar-refractivity contribution in [1.82, 2.24) is 4.98 Å². The van der Waals surface area contributed by atoms with Gasteiger partial charge < -0.3 is 10.6 Å². The molecule has 0 saturated heterocycles. The van der Waals surface area contributed by atoms with E-state index in [0.29, 0.717) is 6.54 Å². The Morgan fingerprint density at radius 3 is 2.50 bits per heavy atom. The van der Waals surface area contributed by atoms with Crippen LogP contribution in [0.1, 0.15) is 5.69 Å². The molecular formula is C13H16BrN3S. The van der Waals surface area contributed by atoms with Gasteiger partial charge in [-0.15, -0.1) is 11.3 Å². The summed E-state index contributed by atoms with van der Waals surface area (Å²) in [5, 5.41) is 1.04. The molecule has 18 heavy (non-hydrogen) atoms. The Balaban J connectivity index is 2.28.